The molecule has 1 aromatic heterocycles. The molecular formula is C13H22N4. The van der Waals surface area contributed by atoms with Crippen LogP contribution >= 0.6 is 0 Å². The molecule has 94 valence electrons. The molecular weight excluding hydrogens is 212 g/mol. The van der Waals surface area contributed by atoms with Gasteiger partial charge in [0.25, 0.3) is 0 Å². The van der Waals surface area contributed by atoms with E-state index in [1.54, 1.807) is 6.20 Å². The maximum absolute atomic E-state index is 4.63. The molecule has 0 saturated heterocycles. The van der Waals surface area contributed by atoms with Crippen LogP contribution in [-0.2, 0) is 0 Å². The van der Waals surface area contributed by atoms with Crippen LogP contribution in [0.1, 0.15) is 33.6 Å². The van der Waals surface area contributed by atoms with Crippen LogP contribution in [0.2, 0.25) is 0 Å². The monoisotopic (exact) mass is 234 g/mol. The molecule has 0 radical (unpaired) electrons. The van der Waals surface area contributed by atoms with Gasteiger partial charge in [-0.3, -0.25) is 4.98 Å². The predicted molar refractivity (Wildman–Crippen MR) is 71.4 cm³/mol. The Morgan fingerprint density at radius 1 is 1.41 bits per heavy atom. The van der Waals surface area contributed by atoms with Crippen molar-refractivity contribution in [2.75, 3.05) is 23.3 Å². The van der Waals surface area contributed by atoms with Gasteiger partial charge in [0.15, 0.2) is 0 Å². The fourth-order valence-corrected chi connectivity index (χ4v) is 1.97. The van der Waals surface area contributed by atoms with E-state index in [1.807, 2.05) is 6.20 Å². The van der Waals surface area contributed by atoms with Crippen molar-refractivity contribution in [3.63, 3.8) is 0 Å². The van der Waals surface area contributed by atoms with E-state index < -0.39 is 0 Å². The van der Waals surface area contributed by atoms with E-state index >= 15 is 0 Å². The van der Waals surface area contributed by atoms with E-state index in [2.05, 4.69) is 41.0 Å². The fourth-order valence-electron chi connectivity index (χ4n) is 1.97. The SMILES string of the molecule is CCNc1cncc(N(CC(C)C)C2CC2)n1. The van der Waals surface area contributed by atoms with Gasteiger partial charge in [0.05, 0.1) is 12.4 Å². The standard InChI is InChI=1S/C13H22N4/c1-4-15-12-7-14-8-13(16-12)17(9-10(2)3)11-5-6-11/h7-8,10-11H,4-6,9H2,1-3H3,(H,15,16). The summed E-state index contributed by atoms with van der Waals surface area (Å²) < 4.78 is 0. The molecule has 1 aromatic rings. The zero-order valence-corrected chi connectivity index (χ0v) is 11.0. The van der Waals surface area contributed by atoms with Gasteiger partial charge >= 0.3 is 0 Å². The largest absolute Gasteiger partial charge is 0.369 e. The van der Waals surface area contributed by atoms with Gasteiger partial charge in [-0.25, -0.2) is 4.98 Å². The van der Waals surface area contributed by atoms with Crippen LogP contribution in [0.15, 0.2) is 12.4 Å². The Hall–Kier alpha value is -1.32. The number of anilines is 2. The molecule has 0 unspecified atom stereocenters. The molecule has 17 heavy (non-hydrogen) atoms. The van der Waals surface area contributed by atoms with Crippen LogP contribution in [-0.4, -0.2) is 29.1 Å². The lowest BCUT2D eigenvalue weighted by Crippen LogP contribution is -2.30. The number of aromatic nitrogens is 2. The summed E-state index contributed by atoms with van der Waals surface area (Å²) in [6.07, 6.45) is 6.24. The zero-order chi connectivity index (χ0) is 12.3. The van der Waals surface area contributed by atoms with Gasteiger partial charge < -0.3 is 10.2 Å². The quantitative estimate of drug-likeness (QED) is 0.821. The van der Waals surface area contributed by atoms with Gasteiger partial charge in [-0.1, -0.05) is 13.8 Å². The van der Waals surface area contributed by atoms with Crippen molar-refractivity contribution in [3.8, 4) is 0 Å². The first-order valence-electron chi connectivity index (χ1n) is 6.53. The summed E-state index contributed by atoms with van der Waals surface area (Å²) in [5.74, 6) is 2.54. The average Bonchev–Trinajstić information content (AvgIpc) is 3.10. The molecule has 1 fully saturated rings. The molecule has 1 N–H and O–H groups in total. The molecule has 4 heteroatoms. The molecule has 1 saturated carbocycles. The van der Waals surface area contributed by atoms with Crippen LogP contribution in [0.25, 0.3) is 0 Å². The molecule has 0 amide bonds. The summed E-state index contributed by atoms with van der Waals surface area (Å²) in [5, 5.41) is 3.22. The second-order valence-corrected chi connectivity index (χ2v) is 5.07. The molecule has 0 spiro atoms. The van der Waals surface area contributed by atoms with Crippen molar-refractivity contribution in [1.29, 1.82) is 0 Å². The van der Waals surface area contributed by atoms with Gasteiger partial charge in [0, 0.05) is 19.1 Å². The Balaban J connectivity index is 2.13. The van der Waals surface area contributed by atoms with E-state index in [4.69, 9.17) is 0 Å². The Bertz CT molecular complexity index is 360. The Labute approximate surface area is 103 Å². The third-order valence-electron chi connectivity index (χ3n) is 2.82. The highest BCUT2D eigenvalue weighted by Gasteiger charge is 2.30. The number of hydrogen-bond acceptors (Lipinski definition) is 4. The minimum Gasteiger partial charge on any atom is -0.369 e. The lowest BCUT2D eigenvalue weighted by molar-refractivity contribution is 0.602. The zero-order valence-electron chi connectivity index (χ0n) is 11.0. The molecule has 0 aromatic carbocycles. The molecule has 1 aliphatic rings. The number of nitrogens with one attached hydrogen (secondary N) is 1. The van der Waals surface area contributed by atoms with Gasteiger partial charge in [0.2, 0.25) is 0 Å². The van der Waals surface area contributed by atoms with Crippen LogP contribution in [0.4, 0.5) is 11.6 Å². The summed E-state index contributed by atoms with van der Waals surface area (Å²) in [4.78, 5) is 11.3. The third-order valence-corrected chi connectivity index (χ3v) is 2.82. The predicted octanol–water partition coefficient (Wildman–Crippen LogP) is 2.53. The molecule has 1 heterocycles. The fraction of sp³-hybridized carbons (Fsp3) is 0.692. The lowest BCUT2D eigenvalue weighted by atomic mass is 10.2. The average molecular weight is 234 g/mol. The van der Waals surface area contributed by atoms with Crippen molar-refractivity contribution < 1.29 is 0 Å². The molecule has 2 rings (SSSR count). The third kappa shape index (κ3) is 3.32. The first-order valence-corrected chi connectivity index (χ1v) is 6.53. The maximum Gasteiger partial charge on any atom is 0.149 e. The molecule has 0 bridgehead atoms. The first-order chi connectivity index (χ1) is 8.20. The highest BCUT2D eigenvalue weighted by Crippen LogP contribution is 2.31. The van der Waals surface area contributed by atoms with E-state index in [9.17, 15) is 0 Å². The molecule has 0 aliphatic heterocycles. The number of hydrogen-bond donors (Lipinski definition) is 1. The van der Waals surface area contributed by atoms with Crippen molar-refractivity contribution in [2.45, 2.75) is 39.7 Å². The lowest BCUT2D eigenvalue weighted by Gasteiger charge is -2.25. The van der Waals surface area contributed by atoms with Crippen LogP contribution in [0.5, 0.6) is 0 Å². The van der Waals surface area contributed by atoms with E-state index in [-0.39, 0.29) is 0 Å². The Morgan fingerprint density at radius 2 is 2.18 bits per heavy atom. The highest BCUT2D eigenvalue weighted by atomic mass is 15.3. The summed E-state index contributed by atoms with van der Waals surface area (Å²) in [6.45, 7) is 8.51. The summed E-state index contributed by atoms with van der Waals surface area (Å²) in [7, 11) is 0. The molecule has 0 atom stereocenters. The van der Waals surface area contributed by atoms with Gasteiger partial charge in [-0.2, -0.15) is 0 Å². The summed E-state index contributed by atoms with van der Waals surface area (Å²) >= 11 is 0. The summed E-state index contributed by atoms with van der Waals surface area (Å²) in [5.41, 5.74) is 0. The first kappa shape index (κ1) is 12.1. The van der Waals surface area contributed by atoms with Crippen molar-refractivity contribution in [1.82, 2.24) is 9.97 Å². The van der Waals surface area contributed by atoms with Crippen molar-refractivity contribution in [2.24, 2.45) is 5.92 Å². The van der Waals surface area contributed by atoms with Gasteiger partial charge in [0.1, 0.15) is 11.6 Å². The second kappa shape index (κ2) is 5.34. The Morgan fingerprint density at radius 3 is 2.76 bits per heavy atom. The number of rotatable bonds is 6. The van der Waals surface area contributed by atoms with Crippen LogP contribution in [0, 0.1) is 5.92 Å². The molecule has 1 aliphatic carbocycles. The van der Waals surface area contributed by atoms with E-state index in [1.165, 1.54) is 12.8 Å². The van der Waals surface area contributed by atoms with Crippen LogP contribution in [0.3, 0.4) is 0 Å². The highest BCUT2D eigenvalue weighted by molar-refractivity contribution is 5.45. The van der Waals surface area contributed by atoms with Gasteiger partial charge in [-0.05, 0) is 25.7 Å². The van der Waals surface area contributed by atoms with Crippen LogP contribution < -0.4 is 10.2 Å². The Kier molecular flexibility index (Phi) is 3.82. The van der Waals surface area contributed by atoms with Gasteiger partial charge in [-0.15, -0.1) is 0 Å². The minimum absolute atomic E-state index is 0.653. The molecule has 4 nitrogen and oxygen atoms in total. The van der Waals surface area contributed by atoms with E-state index in [0.29, 0.717) is 12.0 Å². The topological polar surface area (TPSA) is 41.1 Å². The summed E-state index contributed by atoms with van der Waals surface area (Å²) in [6, 6.07) is 0.684. The van der Waals surface area contributed by atoms with E-state index in [0.717, 1.165) is 24.7 Å². The van der Waals surface area contributed by atoms with Crippen molar-refractivity contribution in [3.05, 3.63) is 12.4 Å². The normalized spacial score (nSPS) is 15.1. The maximum atomic E-state index is 4.63. The second-order valence-electron chi connectivity index (χ2n) is 5.07. The van der Waals surface area contributed by atoms with Crippen molar-refractivity contribution >= 4 is 11.6 Å². The smallest absolute Gasteiger partial charge is 0.149 e. The minimum atomic E-state index is 0.653. The number of nitrogens with zero attached hydrogens (tertiary/aromatic N) is 3.